The van der Waals surface area contributed by atoms with Gasteiger partial charge in [0.1, 0.15) is 5.60 Å². The Hall–Kier alpha value is -3.16. The summed E-state index contributed by atoms with van der Waals surface area (Å²) >= 11 is 0. The number of ether oxygens (including phenoxy) is 2. The first-order valence-electron chi connectivity index (χ1n) is 10.0. The Morgan fingerprint density at radius 3 is 2.57 bits per heavy atom. The van der Waals surface area contributed by atoms with E-state index in [0.717, 1.165) is 10.9 Å². The SMILES string of the molecule is CC(C)(C)OC(=O)N1CCC(C(=O)OCC(=O)Nc2cccc3ncccc23)CC1. The molecule has 0 unspecified atom stereocenters. The van der Waals surface area contributed by atoms with Gasteiger partial charge in [-0.05, 0) is 57.9 Å². The number of aromatic nitrogens is 1. The smallest absolute Gasteiger partial charge is 0.410 e. The average molecular weight is 413 g/mol. The summed E-state index contributed by atoms with van der Waals surface area (Å²) in [5, 5.41) is 3.58. The molecule has 8 nitrogen and oxygen atoms in total. The molecule has 1 aliphatic heterocycles. The van der Waals surface area contributed by atoms with E-state index in [1.165, 1.54) is 0 Å². The van der Waals surface area contributed by atoms with Crippen molar-refractivity contribution in [2.75, 3.05) is 25.0 Å². The predicted octanol–water partition coefficient (Wildman–Crippen LogP) is 3.36. The van der Waals surface area contributed by atoms with E-state index in [2.05, 4.69) is 10.3 Å². The normalized spacial score (nSPS) is 15.0. The molecule has 1 N–H and O–H groups in total. The number of pyridine rings is 1. The Balaban J connectivity index is 1.46. The summed E-state index contributed by atoms with van der Waals surface area (Å²) in [6.07, 6.45) is 2.27. The number of anilines is 1. The molecule has 0 aliphatic carbocycles. The van der Waals surface area contributed by atoms with E-state index in [1.807, 2.05) is 32.9 Å². The highest BCUT2D eigenvalue weighted by atomic mass is 16.6. The minimum absolute atomic E-state index is 0.335. The Labute approximate surface area is 175 Å². The second kappa shape index (κ2) is 9.11. The van der Waals surface area contributed by atoms with Gasteiger partial charge in [-0.3, -0.25) is 14.6 Å². The zero-order valence-corrected chi connectivity index (χ0v) is 17.5. The lowest BCUT2D eigenvalue weighted by Crippen LogP contribution is -2.43. The molecule has 2 amide bonds. The summed E-state index contributed by atoms with van der Waals surface area (Å²) in [6, 6.07) is 9.09. The van der Waals surface area contributed by atoms with Gasteiger partial charge in [0.2, 0.25) is 0 Å². The van der Waals surface area contributed by atoms with Crippen LogP contribution in [0.3, 0.4) is 0 Å². The van der Waals surface area contributed by atoms with E-state index in [9.17, 15) is 14.4 Å². The van der Waals surface area contributed by atoms with E-state index >= 15 is 0 Å². The maximum Gasteiger partial charge on any atom is 0.410 e. The van der Waals surface area contributed by atoms with Gasteiger partial charge in [-0.2, -0.15) is 0 Å². The van der Waals surface area contributed by atoms with Crippen molar-refractivity contribution in [2.24, 2.45) is 5.92 Å². The number of benzene rings is 1. The summed E-state index contributed by atoms with van der Waals surface area (Å²) in [5.74, 6) is -1.17. The Bertz CT molecular complexity index is 925. The van der Waals surface area contributed by atoms with Gasteiger partial charge in [0.15, 0.2) is 6.61 Å². The van der Waals surface area contributed by atoms with Crippen LogP contribution in [0.2, 0.25) is 0 Å². The highest BCUT2D eigenvalue weighted by molar-refractivity contribution is 6.01. The first-order chi connectivity index (χ1) is 14.2. The third-order valence-electron chi connectivity index (χ3n) is 4.75. The van der Waals surface area contributed by atoms with Gasteiger partial charge in [-0.25, -0.2) is 4.79 Å². The molecule has 0 bridgehead atoms. The number of hydrogen-bond acceptors (Lipinski definition) is 6. The first kappa shape index (κ1) is 21.5. The second-order valence-corrected chi connectivity index (χ2v) is 8.27. The van der Waals surface area contributed by atoms with Crippen LogP contribution in [0.25, 0.3) is 10.9 Å². The number of carbonyl (C=O) groups is 3. The number of piperidine rings is 1. The van der Waals surface area contributed by atoms with Crippen LogP contribution < -0.4 is 5.32 Å². The van der Waals surface area contributed by atoms with Crippen LogP contribution in [0.5, 0.6) is 0 Å². The van der Waals surface area contributed by atoms with Crippen molar-refractivity contribution in [2.45, 2.75) is 39.2 Å². The third kappa shape index (κ3) is 5.68. The molecule has 1 aromatic carbocycles. The van der Waals surface area contributed by atoms with Crippen LogP contribution in [0.15, 0.2) is 36.5 Å². The molecule has 0 spiro atoms. The molecule has 3 rings (SSSR count). The van der Waals surface area contributed by atoms with E-state index in [0.29, 0.717) is 31.6 Å². The molecule has 8 heteroatoms. The molecule has 1 saturated heterocycles. The summed E-state index contributed by atoms with van der Waals surface area (Å²) in [7, 11) is 0. The molecule has 1 fully saturated rings. The Morgan fingerprint density at radius 1 is 1.13 bits per heavy atom. The maximum absolute atomic E-state index is 12.3. The summed E-state index contributed by atoms with van der Waals surface area (Å²) in [6.45, 7) is 5.92. The summed E-state index contributed by atoms with van der Waals surface area (Å²) in [4.78, 5) is 42.5. The number of hydrogen-bond donors (Lipinski definition) is 1. The Morgan fingerprint density at radius 2 is 1.87 bits per heavy atom. The van der Waals surface area contributed by atoms with E-state index < -0.39 is 17.5 Å². The van der Waals surface area contributed by atoms with Crippen LogP contribution in [0, 0.1) is 5.92 Å². The van der Waals surface area contributed by atoms with Gasteiger partial charge in [-0.1, -0.05) is 6.07 Å². The number of rotatable bonds is 4. The number of esters is 1. The number of nitrogens with zero attached hydrogens (tertiary/aromatic N) is 2. The van der Waals surface area contributed by atoms with Crippen LogP contribution in [0.4, 0.5) is 10.5 Å². The van der Waals surface area contributed by atoms with Crippen LogP contribution >= 0.6 is 0 Å². The molecule has 0 atom stereocenters. The molecule has 30 heavy (non-hydrogen) atoms. The lowest BCUT2D eigenvalue weighted by atomic mass is 9.97. The van der Waals surface area contributed by atoms with E-state index in [1.54, 1.807) is 29.3 Å². The van der Waals surface area contributed by atoms with E-state index in [-0.39, 0.29) is 18.6 Å². The second-order valence-electron chi connectivity index (χ2n) is 8.27. The van der Waals surface area contributed by atoms with Crippen molar-refractivity contribution in [1.82, 2.24) is 9.88 Å². The zero-order valence-electron chi connectivity index (χ0n) is 17.5. The molecule has 160 valence electrons. The number of fused-ring (bicyclic) bond motifs is 1. The van der Waals surface area contributed by atoms with Crippen molar-refractivity contribution in [3.8, 4) is 0 Å². The van der Waals surface area contributed by atoms with Gasteiger partial charge < -0.3 is 19.7 Å². The number of carbonyl (C=O) groups excluding carboxylic acids is 3. The van der Waals surface area contributed by atoms with Crippen molar-refractivity contribution < 1.29 is 23.9 Å². The largest absolute Gasteiger partial charge is 0.455 e. The number of likely N-dealkylation sites (tertiary alicyclic amines) is 1. The topological polar surface area (TPSA) is 97.8 Å². The van der Waals surface area contributed by atoms with Crippen LogP contribution in [-0.4, -0.2) is 53.2 Å². The van der Waals surface area contributed by atoms with Gasteiger partial charge in [0.05, 0.1) is 17.1 Å². The standard InChI is InChI=1S/C22H27N3O5/c1-22(2,3)30-21(28)25-12-9-15(10-13-25)20(27)29-14-19(26)24-18-8-4-7-17-16(18)6-5-11-23-17/h4-8,11,15H,9-10,12-14H2,1-3H3,(H,24,26). The lowest BCUT2D eigenvalue weighted by Gasteiger charge is -2.32. The fourth-order valence-electron chi connectivity index (χ4n) is 3.28. The highest BCUT2D eigenvalue weighted by Gasteiger charge is 2.31. The van der Waals surface area contributed by atoms with Gasteiger partial charge >= 0.3 is 12.1 Å². The van der Waals surface area contributed by atoms with Crippen LogP contribution in [-0.2, 0) is 19.1 Å². The number of amides is 2. The van der Waals surface area contributed by atoms with Crippen molar-refractivity contribution in [3.63, 3.8) is 0 Å². The molecule has 1 aromatic heterocycles. The lowest BCUT2D eigenvalue weighted by molar-refractivity contribution is -0.153. The van der Waals surface area contributed by atoms with Crippen molar-refractivity contribution >= 4 is 34.6 Å². The van der Waals surface area contributed by atoms with Crippen LogP contribution in [0.1, 0.15) is 33.6 Å². The van der Waals surface area contributed by atoms with Gasteiger partial charge in [0, 0.05) is 24.7 Å². The minimum Gasteiger partial charge on any atom is -0.455 e. The Kier molecular flexibility index (Phi) is 6.54. The zero-order chi connectivity index (χ0) is 21.7. The van der Waals surface area contributed by atoms with Crippen molar-refractivity contribution in [1.29, 1.82) is 0 Å². The first-order valence-corrected chi connectivity index (χ1v) is 10.0. The molecule has 0 radical (unpaired) electrons. The quantitative estimate of drug-likeness (QED) is 0.772. The van der Waals surface area contributed by atoms with E-state index in [4.69, 9.17) is 9.47 Å². The van der Waals surface area contributed by atoms with Crippen molar-refractivity contribution in [3.05, 3.63) is 36.5 Å². The minimum atomic E-state index is -0.555. The molecule has 2 heterocycles. The molecule has 1 aliphatic rings. The maximum atomic E-state index is 12.3. The molecular weight excluding hydrogens is 386 g/mol. The summed E-state index contributed by atoms with van der Waals surface area (Å²) < 4.78 is 10.6. The third-order valence-corrected chi connectivity index (χ3v) is 4.75. The molecule has 0 saturated carbocycles. The van der Waals surface area contributed by atoms with Gasteiger partial charge in [0.25, 0.3) is 5.91 Å². The number of nitrogens with one attached hydrogen (secondary N) is 1. The highest BCUT2D eigenvalue weighted by Crippen LogP contribution is 2.22. The van der Waals surface area contributed by atoms with Gasteiger partial charge in [-0.15, -0.1) is 0 Å². The monoisotopic (exact) mass is 413 g/mol. The molecular formula is C22H27N3O5. The average Bonchev–Trinajstić information content (AvgIpc) is 2.71. The summed E-state index contributed by atoms with van der Waals surface area (Å²) in [5.41, 5.74) is 0.830. The fourth-order valence-corrected chi connectivity index (χ4v) is 3.28. The predicted molar refractivity (Wildman–Crippen MR) is 112 cm³/mol. The molecule has 2 aromatic rings. The fraction of sp³-hybridized carbons (Fsp3) is 0.455.